The quantitative estimate of drug-likeness (QED) is 0.376. The van der Waals surface area contributed by atoms with Crippen LogP contribution < -0.4 is 43.8 Å². The molecule has 4 bridgehead atoms. The average Bonchev–Trinajstić information content (AvgIpc) is 3.86. The van der Waals surface area contributed by atoms with Gasteiger partial charge in [-0.15, -0.1) is 0 Å². The second-order valence-electron chi connectivity index (χ2n) is 20.0. The molecule has 8 heteroatoms. The Labute approximate surface area is 366 Å². The molecule has 2 aromatic carbocycles. The fraction of sp³-hybridized carbons (Fsp3) is 0.560. The van der Waals surface area contributed by atoms with Crippen LogP contribution >= 0.6 is 0 Å². The molecule has 58 heavy (non-hydrogen) atoms. The lowest BCUT2D eigenvalue weighted by atomic mass is 9.54. The molecule has 4 aliphatic carbocycles. The number of halogens is 2. The van der Waals surface area contributed by atoms with E-state index in [4.69, 9.17) is 4.74 Å². The van der Waals surface area contributed by atoms with Crippen LogP contribution in [0.15, 0.2) is 114 Å². The number of hydrogen-bond acceptors (Lipinski definition) is 4. The molecule has 11 aliphatic rings. The Balaban J connectivity index is 0.00000193. The number of rotatable bonds is 4. The Morgan fingerprint density at radius 2 is 1.64 bits per heavy atom. The lowest BCUT2D eigenvalue weighted by Gasteiger charge is -2.63. The number of nitrogens with zero attached hydrogens (tertiary/aromatic N) is 4. The van der Waals surface area contributed by atoms with Crippen molar-refractivity contribution in [1.82, 2.24) is 0 Å². The summed E-state index contributed by atoms with van der Waals surface area (Å²) in [5.41, 5.74) is 9.36. The van der Waals surface area contributed by atoms with Crippen LogP contribution in [-0.4, -0.2) is 95.9 Å². The van der Waals surface area contributed by atoms with E-state index in [-0.39, 0.29) is 58.3 Å². The normalized spacial score (nSPS) is 46.0. The average molecular weight is 909 g/mol. The first-order valence-corrected chi connectivity index (χ1v) is 22.8. The number of aliphatic hydroxyl groups is 1. The maximum atomic E-state index is 10.7. The largest absolute Gasteiger partial charge is 1.00 e. The van der Waals surface area contributed by atoms with Gasteiger partial charge in [0.25, 0.3) is 0 Å². The van der Waals surface area contributed by atoms with Crippen LogP contribution in [0.5, 0.6) is 0 Å². The van der Waals surface area contributed by atoms with Gasteiger partial charge in [-0.2, -0.15) is 0 Å². The summed E-state index contributed by atoms with van der Waals surface area (Å²) in [6.07, 6.45) is 30.6. The van der Waals surface area contributed by atoms with Crippen LogP contribution in [0.25, 0.3) is 0 Å². The standard InChI is InChI=1S/C50H60N4O2.2BrH/c55-26-21-33-31-53(36-14-6-2-7-15-36)24-20-38-44(53)28-39(33)41-30-51-43-19-11-10-18-42(43)50-23-25-54(37-16-8-3-9-17-37)32-34-22-27-56-49(46(48(50)51)40(34)29-45(50)54)52(47(38)41)35-12-4-1-5-13-35;;/h1,4-6,8,10-14,16,18-19,21-22,30,36-40,44-49,55H,2-3,7,9,15,17,20,23-29,31-32H2;2*1H/q+2;;/p-2/b33-21-,41-30-;;/t36?,37?,38-,39-,40-,44-,45-,46+,47+,48-,49+,50+,53?,54?;;/m0../s1. The van der Waals surface area contributed by atoms with Crippen molar-refractivity contribution in [3.63, 3.8) is 0 Å². The van der Waals surface area contributed by atoms with E-state index in [2.05, 4.69) is 107 Å². The van der Waals surface area contributed by atoms with Crippen LogP contribution in [0.1, 0.15) is 69.8 Å². The summed E-state index contributed by atoms with van der Waals surface area (Å²) in [4.78, 5) is 5.83. The lowest BCUT2D eigenvalue weighted by molar-refractivity contribution is -0.960. The summed E-state index contributed by atoms with van der Waals surface area (Å²) in [5, 5.41) is 10.7. The van der Waals surface area contributed by atoms with E-state index >= 15 is 0 Å². The van der Waals surface area contributed by atoms with Crippen molar-refractivity contribution in [2.75, 3.05) is 49.2 Å². The van der Waals surface area contributed by atoms with Crippen molar-refractivity contribution in [1.29, 1.82) is 0 Å². The van der Waals surface area contributed by atoms with Gasteiger partial charge in [0.05, 0.1) is 49.8 Å². The van der Waals surface area contributed by atoms with E-state index in [1.807, 2.05) is 0 Å². The molecule has 1 spiro atoms. The molecule has 4 unspecified atom stereocenters. The first-order chi connectivity index (χ1) is 27.7. The van der Waals surface area contributed by atoms with E-state index in [0.717, 1.165) is 6.54 Å². The summed E-state index contributed by atoms with van der Waals surface area (Å²) in [6.45, 7) is 5.66. The molecular weight excluding hydrogens is 848 g/mol. The highest BCUT2D eigenvalue weighted by molar-refractivity contribution is 5.70. The smallest absolute Gasteiger partial charge is 0.136 e. The zero-order valence-corrected chi connectivity index (χ0v) is 37.0. The second-order valence-corrected chi connectivity index (χ2v) is 20.0. The molecule has 4 saturated heterocycles. The van der Waals surface area contributed by atoms with Gasteiger partial charge < -0.3 is 62.6 Å². The summed E-state index contributed by atoms with van der Waals surface area (Å²) in [7, 11) is 0. The Morgan fingerprint density at radius 3 is 2.41 bits per heavy atom. The minimum Gasteiger partial charge on any atom is -1.00 e. The number of fused-ring (bicyclic) bond motifs is 6. The molecule has 13 rings (SSSR count). The van der Waals surface area contributed by atoms with E-state index < -0.39 is 0 Å². The molecule has 2 aromatic rings. The monoisotopic (exact) mass is 906 g/mol. The fourth-order valence-corrected chi connectivity index (χ4v) is 16.7. The van der Waals surface area contributed by atoms with E-state index in [0.29, 0.717) is 60.5 Å². The van der Waals surface area contributed by atoms with E-state index in [9.17, 15) is 5.11 Å². The van der Waals surface area contributed by atoms with Crippen LogP contribution in [-0.2, 0) is 10.2 Å². The number of anilines is 2. The second kappa shape index (κ2) is 14.0. The highest BCUT2D eigenvalue weighted by Gasteiger charge is 2.76. The van der Waals surface area contributed by atoms with E-state index in [1.54, 1.807) is 16.7 Å². The zero-order valence-electron chi connectivity index (χ0n) is 33.8. The Kier molecular flexibility index (Phi) is 9.31. The van der Waals surface area contributed by atoms with Crippen molar-refractivity contribution in [2.45, 2.75) is 112 Å². The third-order valence-corrected chi connectivity index (χ3v) is 18.5. The molecule has 306 valence electrons. The molecule has 7 heterocycles. The van der Waals surface area contributed by atoms with Crippen molar-refractivity contribution in [3.8, 4) is 0 Å². The topological polar surface area (TPSA) is 35.9 Å². The van der Waals surface area contributed by atoms with Gasteiger partial charge in [0, 0.05) is 79.8 Å². The third-order valence-electron chi connectivity index (χ3n) is 18.5. The maximum Gasteiger partial charge on any atom is 0.136 e. The van der Waals surface area contributed by atoms with Crippen LogP contribution in [0, 0.1) is 23.7 Å². The highest BCUT2D eigenvalue weighted by Crippen LogP contribution is 2.69. The number of ether oxygens (including phenoxy) is 1. The van der Waals surface area contributed by atoms with E-state index in [1.165, 1.54) is 110 Å². The summed E-state index contributed by atoms with van der Waals surface area (Å²) < 4.78 is 10.1. The molecule has 2 saturated carbocycles. The number of hydrogen-bond donors (Lipinski definition) is 1. The third kappa shape index (κ3) is 4.85. The number of aliphatic hydroxyl groups excluding tert-OH is 1. The van der Waals surface area contributed by atoms with Gasteiger partial charge >= 0.3 is 0 Å². The minimum atomic E-state index is -0.0131. The van der Waals surface area contributed by atoms with Crippen LogP contribution in [0.3, 0.4) is 0 Å². The number of piperidine rings is 2. The van der Waals surface area contributed by atoms with Crippen LogP contribution in [0.4, 0.5) is 11.4 Å². The predicted molar refractivity (Wildman–Crippen MR) is 222 cm³/mol. The Hall–Kier alpha value is -2.46. The van der Waals surface area contributed by atoms with Gasteiger partial charge in [0.1, 0.15) is 37.4 Å². The van der Waals surface area contributed by atoms with Gasteiger partial charge in [-0.25, -0.2) is 0 Å². The summed E-state index contributed by atoms with van der Waals surface area (Å²) in [6, 6.07) is 24.4. The molecule has 0 radical (unpaired) electrons. The number of para-hydroxylation sites is 2. The molecule has 0 amide bonds. The fourth-order valence-electron chi connectivity index (χ4n) is 16.7. The number of quaternary nitrogens is 2. The molecule has 0 aromatic heterocycles. The maximum absolute atomic E-state index is 10.7. The zero-order chi connectivity index (χ0) is 36.8. The van der Waals surface area contributed by atoms with Gasteiger partial charge in [-0.05, 0) is 78.3 Å². The van der Waals surface area contributed by atoms with Crippen molar-refractivity contribution in [2.24, 2.45) is 23.7 Å². The van der Waals surface area contributed by atoms with Crippen LogP contribution in [0.2, 0.25) is 0 Å². The predicted octanol–water partition coefficient (Wildman–Crippen LogP) is 1.79. The Morgan fingerprint density at radius 1 is 0.862 bits per heavy atom. The van der Waals surface area contributed by atoms with Gasteiger partial charge in [-0.3, -0.25) is 0 Å². The summed E-state index contributed by atoms with van der Waals surface area (Å²) >= 11 is 0. The molecule has 1 N–H and O–H groups in total. The Bertz CT molecular complexity index is 2120. The molecule has 7 aliphatic heterocycles. The number of allylic oxidation sites excluding steroid dienone is 2. The molecule has 6 nitrogen and oxygen atoms in total. The van der Waals surface area contributed by atoms with Crippen molar-refractivity contribution in [3.05, 3.63) is 120 Å². The van der Waals surface area contributed by atoms with Gasteiger partial charge in [0.2, 0.25) is 0 Å². The van der Waals surface area contributed by atoms with Gasteiger partial charge in [-0.1, -0.05) is 60.7 Å². The molecule has 6 fully saturated rings. The first-order valence-electron chi connectivity index (χ1n) is 22.8. The first kappa shape index (κ1) is 38.5. The van der Waals surface area contributed by atoms with Gasteiger partial charge in [0.15, 0.2) is 0 Å². The van der Waals surface area contributed by atoms with Crippen molar-refractivity contribution < 1.29 is 52.8 Å². The number of benzene rings is 2. The minimum absolute atomic E-state index is 0. The SMILES string of the molecule is OC/C=C1/C[N+]2(C3C=CCCC3)CC[C@@H]3[C@@H]4/C(=C\N5c6ccccc6[C@@]67CC[N+]8(C9C=CCCC9)CC9=CCO[C@H]([C@@H]([C@H]56)[C@H]9C[C@@H]78)N4c4ccccc4)[C@H]1C[C@@H]32.[Br-].[Br-]. The highest BCUT2D eigenvalue weighted by atomic mass is 79.9. The lowest BCUT2D eigenvalue weighted by Crippen LogP contribution is -3.00. The molecular formula is C50H60Br2N4O2. The van der Waals surface area contributed by atoms with Crippen molar-refractivity contribution >= 4 is 11.4 Å². The molecule has 14 atom stereocenters. The summed E-state index contributed by atoms with van der Waals surface area (Å²) in [5.74, 6) is 1.79.